The third-order valence-electron chi connectivity index (χ3n) is 5.37. The molecule has 0 bridgehead atoms. The summed E-state index contributed by atoms with van der Waals surface area (Å²) in [5, 5.41) is 0. The van der Waals surface area contributed by atoms with Crippen molar-refractivity contribution < 1.29 is 9.53 Å². The highest BCUT2D eigenvalue weighted by Gasteiger charge is 2.43. The first kappa shape index (κ1) is 21.5. The number of nitrogens with zero attached hydrogens (tertiary/aromatic N) is 4. The molecule has 1 atom stereocenters. The Morgan fingerprint density at radius 3 is 2.61 bits per heavy atom. The van der Waals surface area contributed by atoms with Gasteiger partial charge in [-0.1, -0.05) is 30.3 Å². The monoisotopic (exact) mass is 529 g/mol. The summed E-state index contributed by atoms with van der Waals surface area (Å²) < 4.78 is 5.25. The molecule has 7 nitrogen and oxygen atoms in total. The highest BCUT2D eigenvalue weighted by molar-refractivity contribution is 14.1. The van der Waals surface area contributed by atoms with Crippen LogP contribution in [-0.2, 0) is 10.1 Å². The van der Waals surface area contributed by atoms with Gasteiger partial charge in [0, 0.05) is 50.2 Å². The van der Waals surface area contributed by atoms with Crippen molar-refractivity contribution in [3.05, 3.63) is 83.8 Å². The molecule has 1 saturated heterocycles. The van der Waals surface area contributed by atoms with Crippen molar-refractivity contribution in [3.8, 4) is 11.6 Å². The van der Waals surface area contributed by atoms with Gasteiger partial charge in [0.1, 0.15) is 3.55 Å². The van der Waals surface area contributed by atoms with Gasteiger partial charge < -0.3 is 15.4 Å². The van der Waals surface area contributed by atoms with E-state index in [9.17, 15) is 4.79 Å². The molecule has 2 amide bonds. The minimum absolute atomic E-state index is 0.430. The van der Waals surface area contributed by atoms with Crippen molar-refractivity contribution in [2.45, 2.75) is 17.0 Å². The molecular weight excluding hydrogens is 505 g/mol. The second-order valence-electron chi connectivity index (χ2n) is 7.52. The number of alkyl halides is 1. The fourth-order valence-electron chi connectivity index (χ4n) is 3.75. The number of primary amides is 1. The van der Waals surface area contributed by atoms with Crippen LogP contribution in [0.3, 0.4) is 0 Å². The summed E-state index contributed by atoms with van der Waals surface area (Å²) in [6.07, 6.45) is 3.48. The number of benzene rings is 1. The fraction of sp³-hybridized carbons (Fsp3) is 0.261. The van der Waals surface area contributed by atoms with Crippen LogP contribution in [0.1, 0.15) is 16.8 Å². The molecule has 0 saturated carbocycles. The summed E-state index contributed by atoms with van der Waals surface area (Å²) in [4.78, 5) is 25.0. The molecule has 4 rings (SSSR count). The minimum Gasteiger partial charge on any atom is -0.437 e. The van der Waals surface area contributed by atoms with E-state index in [4.69, 9.17) is 10.5 Å². The molecule has 3 heterocycles. The number of aromatic nitrogens is 2. The number of halogens is 1. The van der Waals surface area contributed by atoms with E-state index < -0.39 is 9.58 Å². The fourth-order valence-corrected chi connectivity index (χ4v) is 5.03. The number of carbonyl (C=O) groups is 1. The zero-order valence-electron chi connectivity index (χ0n) is 17.2. The first-order chi connectivity index (χ1) is 15.0. The largest absolute Gasteiger partial charge is 0.437 e. The van der Waals surface area contributed by atoms with Gasteiger partial charge in [-0.15, -0.1) is 0 Å². The predicted octanol–water partition coefficient (Wildman–Crippen LogP) is 4.06. The molecule has 1 unspecified atom stereocenters. The molecule has 1 fully saturated rings. The first-order valence-electron chi connectivity index (χ1n) is 10.0. The van der Waals surface area contributed by atoms with Crippen molar-refractivity contribution in [3.63, 3.8) is 0 Å². The zero-order valence-corrected chi connectivity index (χ0v) is 19.4. The van der Waals surface area contributed by atoms with Crippen molar-refractivity contribution in [1.29, 1.82) is 0 Å². The van der Waals surface area contributed by atoms with Crippen LogP contribution in [0.2, 0.25) is 0 Å². The third kappa shape index (κ3) is 4.80. The molecule has 0 aliphatic carbocycles. The van der Waals surface area contributed by atoms with E-state index in [-0.39, 0.29) is 0 Å². The quantitative estimate of drug-likeness (QED) is 0.306. The number of carbonyl (C=O) groups excluding carboxylic acids is 1. The van der Waals surface area contributed by atoms with E-state index in [1.165, 1.54) is 5.56 Å². The molecule has 0 spiro atoms. The second-order valence-corrected chi connectivity index (χ2v) is 9.30. The van der Waals surface area contributed by atoms with Crippen LogP contribution in [0.15, 0.2) is 67.0 Å². The maximum atomic E-state index is 12.2. The molecule has 0 radical (unpaired) electrons. The number of urea groups is 1. The molecule has 8 heteroatoms. The molecule has 1 aromatic carbocycles. The van der Waals surface area contributed by atoms with E-state index in [1.807, 2.05) is 49.4 Å². The Hall–Kier alpha value is -2.72. The molecule has 3 aromatic rings. The molecule has 2 N–H and O–H groups in total. The Bertz CT molecular complexity index is 1050. The van der Waals surface area contributed by atoms with Gasteiger partial charge in [-0.2, -0.15) is 0 Å². The molecule has 2 aromatic heterocycles. The number of ether oxygens (including phenoxy) is 1. The van der Waals surface area contributed by atoms with Gasteiger partial charge >= 0.3 is 6.03 Å². The molecule has 1 aliphatic heterocycles. The van der Waals surface area contributed by atoms with Crippen LogP contribution in [0.25, 0.3) is 0 Å². The Balaban J connectivity index is 1.56. The Morgan fingerprint density at radius 2 is 1.94 bits per heavy atom. The summed E-state index contributed by atoms with van der Waals surface area (Å²) in [6, 6.07) is 17.3. The molecule has 160 valence electrons. The van der Waals surface area contributed by atoms with Crippen LogP contribution in [0.4, 0.5) is 4.79 Å². The normalized spacial score (nSPS) is 19.2. The summed E-state index contributed by atoms with van der Waals surface area (Å²) in [7, 11) is 0. The van der Waals surface area contributed by atoms with Crippen molar-refractivity contribution in [1.82, 2.24) is 19.8 Å². The Kier molecular flexibility index (Phi) is 6.38. The maximum absolute atomic E-state index is 12.2. The lowest BCUT2D eigenvalue weighted by Gasteiger charge is -2.47. The van der Waals surface area contributed by atoms with Gasteiger partial charge in [0.15, 0.2) is 5.75 Å². The van der Waals surface area contributed by atoms with E-state index in [0.29, 0.717) is 24.7 Å². The van der Waals surface area contributed by atoms with E-state index in [0.717, 1.165) is 24.3 Å². The van der Waals surface area contributed by atoms with E-state index >= 15 is 0 Å². The summed E-state index contributed by atoms with van der Waals surface area (Å²) in [6.45, 7) is 4.66. The molecular formula is C23H24IN5O2. The van der Waals surface area contributed by atoms with Crippen LogP contribution >= 0.6 is 22.6 Å². The average Bonchev–Trinajstić information content (AvgIpc) is 2.76. The number of nitrogens with two attached hydrogens (primary N) is 1. The number of amides is 2. The lowest BCUT2D eigenvalue weighted by atomic mass is 10.0. The molecule has 1 aliphatic rings. The number of hydrogen-bond donors (Lipinski definition) is 1. The maximum Gasteiger partial charge on any atom is 0.316 e. The number of piperazine rings is 1. The van der Waals surface area contributed by atoms with E-state index in [2.05, 4.69) is 49.6 Å². The lowest BCUT2D eigenvalue weighted by molar-refractivity contribution is 0.0841. The SMILES string of the molecule is Cc1ncccc1Oc1ccc(C2(I)CN(Cc3ccccc3)CCN2C(N)=O)cn1. The molecule has 31 heavy (non-hydrogen) atoms. The van der Waals surface area contributed by atoms with Crippen molar-refractivity contribution in [2.24, 2.45) is 5.73 Å². The third-order valence-corrected chi connectivity index (χ3v) is 6.91. The van der Waals surface area contributed by atoms with Crippen molar-refractivity contribution >= 4 is 28.6 Å². The van der Waals surface area contributed by atoms with E-state index in [1.54, 1.807) is 17.3 Å². The predicted molar refractivity (Wildman–Crippen MR) is 127 cm³/mol. The van der Waals surface area contributed by atoms with Crippen LogP contribution in [0, 0.1) is 6.92 Å². The second kappa shape index (κ2) is 9.19. The van der Waals surface area contributed by atoms with Gasteiger partial charge in [0.2, 0.25) is 5.88 Å². The van der Waals surface area contributed by atoms with Crippen LogP contribution < -0.4 is 10.5 Å². The number of aryl methyl sites for hydroxylation is 1. The number of pyridine rings is 2. The summed E-state index contributed by atoms with van der Waals surface area (Å²) in [5.41, 5.74) is 8.67. The van der Waals surface area contributed by atoms with Gasteiger partial charge in [0.25, 0.3) is 0 Å². The average molecular weight is 529 g/mol. The zero-order chi connectivity index (χ0) is 21.8. The van der Waals surface area contributed by atoms with Crippen LogP contribution in [0.5, 0.6) is 11.6 Å². The first-order valence-corrected chi connectivity index (χ1v) is 11.1. The summed E-state index contributed by atoms with van der Waals surface area (Å²) >= 11 is 2.32. The Labute approximate surface area is 195 Å². The topological polar surface area (TPSA) is 84.6 Å². The standard InChI is InChI=1S/C23H24IN5O2/c1-17-20(8-5-11-26-17)31-21-10-9-19(14-27-21)23(24)16-28(12-13-29(23)22(25)30)15-18-6-3-2-4-7-18/h2-11,14H,12-13,15-16H2,1H3,(H2,25,30). The smallest absolute Gasteiger partial charge is 0.316 e. The lowest BCUT2D eigenvalue weighted by Crippen LogP contribution is -2.60. The van der Waals surface area contributed by atoms with Gasteiger partial charge in [-0.25, -0.2) is 9.78 Å². The van der Waals surface area contributed by atoms with Crippen LogP contribution in [-0.4, -0.2) is 45.4 Å². The van der Waals surface area contributed by atoms with Gasteiger partial charge in [0.05, 0.1) is 5.69 Å². The summed E-state index contributed by atoms with van der Waals surface area (Å²) in [5.74, 6) is 1.14. The Morgan fingerprint density at radius 1 is 1.13 bits per heavy atom. The number of hydrogen-bond acceptors (Lipinski definition) is 5. The van der Waals surface area contributed by atoms with Gasteiger partial charge in [-0.05, 0) is 53.3 Å². The number of rotatable bonds is 5. The highest BCUT2D eigenvalue weighted by Crippen LogP contribution is 2.39. The highest BCUT2D eigenvalue weighted by atomic mass is 127. The van der Waals surface area contributed by atoms with Gasteiger partial charge in [-0.3, -0.25) is 9.88 Å². The van der Waals surface area contributed by atoms with Crippen molar-refractivity contribution in [2.75, 3.05) is 19.6 Å². The minimum atomic E-state index is -0.619.